The van der Waals surface area contributed by atoms with Gasteiger partial charge in [-0.15, -0.1) is 0 Å². The third-order valence-corrected chi connectivity index (χ3v) is 4.03. The summed E-state index contributed by atoms with van der Waals surface area (Å²) in [6.07, 6.45) is 5.13. The van der Waals surface area contributed by atoms with Crippen LogP contribution in [0.2, 0.25) is 19.6 Å². The lowest BCUT2D eigenvalue weighted by Crippen LogP contribution is -2.37. The highest BCUT2D eigenvalue weighted by Crippen LogP contribution is 2.07. The lowest BCUT2D eigenvalue weighted by molar-refractivity contribution is 1.63. The monoisotopic (exact) mass is 189 g/mol. The zero-order valence-electron chi connectivity index (χ0n) is 8.39. The van der Waals surface area contributed by atoms with Crippen LogP contribution in [0.25, 0.3) is 0 Å². The van der Waals surface area contributed by atoms with Gasteiger partial charge in [0.25, 0.3) is 0 Å². The van der Waals surface area contributed by atoms with Gasteiger partial charge < -0.3 is 5.32 Å². The molecular formula is C11H15NSi. The molecule has 68 valence electrons. The van der Waals surface area contributed by atoms with Gasteiger partial charge >= 0.3 is 0 Å². The van der Waals surface area contributed by atoms with E-state index in [0.29, 0.717) is 0 Å². The predicted octanol–water partition coefficient (Wildman–Crippen LogP) is 2.23. The molecular weight excluding hydrogens is 174 g/mol. The largest absolute Gasteiger partial charge is 0.315 e. The molecule has 1 aromatic carbocycles. The molecule has 0 aliphatic rings. The minimum Gasteiger partial charge on any atom is -0.315 e. The fourth-order valence-electron chi connectivity index (χ4n) is 1.14. The van der Waals surface area contributed by atoms with E-state index in [0.717, 1.165) is 5.69 Å². The molecule has 0 radical (unpaired) electrons. The lowest BCUT2D eigenvalue weighted by atomic mass is 10.3. The minimum atomic E-state index is -1.16. The number of anilines is 1. The van der Waals surface area contributed by atoms with Gasteiger partial charge in [-0.1, -0.05) is 43.4 Å². The number of terminal acetylenes is 1. The Balaban J connectivity index is 2.89. The Kier molecular flexibility index (Phi) is 2.79. The molecule has 1 aromatic rings. The summed E-state index contributed by atoms with van der Waals surface area (Å²) in [6, 6.07) is 10.8. The summed E-state index contributed by atoms with van der Waals surface area (Å²) in [7, 11) is -1.16. The van der Waals surface area contributed by atoms with Crippen molar-refractivity contribution in [2.24, 2.45) is 0 Å². The van der Waals surface area contributed by atoms with Gasteiger partial charge in [-0.05, 0) is 12.1 Å². The Morgan fingerprint density at radius 1 is 1.15 bits per heavy atom. The maximum absolute atomic E-state index is 5.13. The van der Waals surface area contributed by atoms with Crippen molar-refractivity contribution in [3.63, 3.8) is 0 Å². The van der Waals surface area contributed by atoms with Gasteiger partial charge in [0.2, 0.25) is 0 Å². The van der Waals surface area contributed by atoms with Crippen molar-refractivity contribution in [2.45, 2.75) is 19.6 Å². The first-order valence-corrected chi connectivity index (χ1v) is 7.86. The summed E-state index contributed by atoms with van der Waals surface area (Å²) in [4.78, 5) is 0. The van der Waals surface area contributed by atoms with Crippen molar-refractivity contribution >= 4 is 18.9 Å². The first-order valence-electron chi connectivity index (χ1n) is 4.36. The molecule has 1 N–H and O–H groups in total. The number of hydrogen-bond donors (Lipinski definition) is 1. The van der Waals surface area contributed by atoms with E-state index in [1.54, 1.807) is 0 Å². The maximum atomic E-state index is 5.13. The minimum absolute atomic E-state index is 0.990. The predicted molar refractivity (Wildman–Crippen MR) is 61.9 cm³/mol. The van der Waals surface area contributed by atoms with E-state index in [1.165, 1.54) is 5.19 Å². The topological polar surface area (TPSA) is 12.0 Å². The van der Waals surface area contributed by atoms with Gasteiger partial charge in [-0.25, -0.2) is 0 Å². The molecule has 0 atom stereocenters. The van der Waals surface area contributed by atoms with Gasteiger partial charge in [0.15, 0.2) is 0 Å². The Labute approximate surface area is 81.2 Å². The van der Waals surface area contributed by atoms with Crippen LogP contribution >= 0.6 is 0 Å². The highest BCUT2D eigenvalue weighted by molar-refractivity contribution is 6.88. The van der Waals surface area contributed by atoms with Crippen molar-refractivity contribution < 1.29 is 0 Å². The molecule has 0 aliphatic carbocycles. The number of nitrogens with one attached hydrogen (secondary N) is 1. The van der Waals surface area contributed by atoms with Crippen LogP contribution in [0.3, 0.4) is 0 Å². The van der Waals surface area contributed by atoms with E-state index in [-0.39, 0.29) is 0 Å². The van der Waals surface area contributed by atoms with E-state index in [4.69, 9.17) is 6.42 Å². The van der Waals surface area contributed by atoms with Crippen molar-refractivity contribution in [1.29, 1.82) is 0 Å². The van der Waals surface area contributed by atoms with Gasteiger partial charge in [-0.3, -0.25) is 0 Å². The second kappa shape index (κ2) is 3.67. The molecule has 0 spiro atoms. The zero-order valence-corrected chi connectivity index (χ0v) is 9.39. The number of hydrogen-bond acceptors (Lipinski definition) is 1. The van der Waals surface area contributed by atoms with Crippen molar-refractivity contribution in [1.82, 2.24) is 0 Å². The number of rotatable bonds is 2. The zero-order chi connectivity index (χ0) is 9.90. The van der Waals surface area contributed by atoms with Crippen LogP contribution in [-0.4, -0.2) is 8.07 Å². The quantitative estimate of drug-likeness (QED) is 0.427. The standard InChI is InChI=1S/C11H15NSi/c1-5-12-10-6-8-11(9-7-10)13(2,3)4/h1,6-9,12H,2-4H3. The van der Waals surface area contributed by atoms with Crippen molar-refractivity contribution in [2.75, 3.05) is 5.32 Å². The van der Waals surface area contributed by atoms with Crippen LogP contribution in [0.15, 0.2) is 24.3 Å². The molecule has 0 bridgehead atoms. The summed E-state index contributed by atoms with van der Waals surface area (Å²) in [5, 5.41) is 4.28. The lowest BCUT2D eigenvalue weighted by Gasteiger charge is -2.16. The molecule has 0 aromatic heterocycles. The van der Waals surface area contributed by atoms with E-state index >= 15 is 0 Å². The molecule has 0 aliphatic heterocycles. The second-order valence-electron chi connectivity index (χ2n) is 4.10. The summed E-state index contributed by atoms with van der Waals surface area (Å²) in [6.45, 7) is 6.99. The SMILES string of the molecule is C#CNc1ccc([Si](C)(C)C)cc1. The summed E-state index contributed by atoms with van der Waals surface area (Å²) >= 11 is 0. The molecule has 2 heteroatoms. The van der Waals surface area contributed by atoms with Crippen LogP contribution in [0.4, 0.5) is 5.69 Å². The van der Waals surface area contributed by atoms with E-state index < -0.39 is 8.07 Å². The maximum Gasteiger partial charge on any atom is 0.0775 e. The first-order chi connectivity index (χ1) is 6.04. The molecule has 0 amide bonds. The fraction of sp³-hybridized carbons (Fsp3) is 0.273. The Bertz CT molecular complexity index is 313. The summed E-state index contributed by atoms with van der Waals surface area (Å²) in [5.41, 5.74) is 0.990. The summed E-state index contributed by atoms with van der Waals surface area (Å²) < 4.78 is 0. The normalized spacial score (nSPS) is 10.6. The third kappa shape index (κ3) is 2.64. The smallest absolute Gasteiger partial charge is 0.0775 e. The van der Waals surface area contributed by atoms with Crippen LogP contribution in [0, 0.1) is 12.5 Å². The van der Waals surface area contributed by atoms with E-state index in [1.807, 2.05) is 12.1 Å². The van der Waals surface area contributed by atoms with Gasteiger partial charge in [0.05, 0.1) is 8.07 Å². The molecule has 0 heterocycles. The molecule has 0 fully saturated rings. The average Bonchev–Trinajstić information content (AvgIpc) is 2.04. The van der Waals surface area contributed by atoms with Crippen LogP contribution in [-0.2, 0) is 0 Å². The number of benzene rings is 1. The summed E-state index contributed by atoms with van der Waals surface area (Å²) in [5.74, 6) is 0. The molecule has 0 saturated carbocycles. The third-order valence-electron chi connectivity index (χ3n) is 1.97. The second-order valence-corrected chi connectivity index (χ2v) is 9.17. The molecule has 1 rings (SSSR count). The van der Waals surface area contributed by atoms with Crippen LogP contribution in [0.1, 0.15) is 0 Å². The van der Waals surface area contributed by atoms with E-state index in [9.17, 15) is 0 Å². The van der Waals surface area contributed by atoms with Gasteiger partial charge in [0.1, 0.15) is 0 Å². The molecule has 0 saturated heterocycles. The average molecular weight is 189 g/mol. The fourth-order valence-corrected chi connectivity index (χ4v) is 2.30. The molecule has 1 nitrogen and oxygen atoms in total. The molecule has 0 unspecified atom stereocenters. The highest BCUT2D eigenvalue weighted by Gasteiger charge is 2.15. The Morgan fingerprint density at radius 3 is 2.08 bits per heavy atom. The van der Waals surface area contributed by atoms with Crippen LogP contribution < -0.4 is 10.5 Å². The molecule has 13 heavy (non-hydrogen) atoms. The van der Waals surface area contributed by atoms with Crippen LogP contribution in [0.5, 0.6) is 0 Å². The Morgan fingerprint density at radius 2 is 1.69 bits per heavy atom. The van der Waals surface area contributed by atoms with Crippen molar-refractivity contribution in [3.05, 3.63) is 24.3 Å². The van der Waals surface area contributed by atoms with Gasteiger partial charge in [-0.2, -0.15) is 0 Å². The highest BCUT2D eigenvalue weighted by atomic mass is 28.3. The first kappa shape index (κ1) is 9.88. The Hall–Kier alpha value is -1.20. The van der Waals surface area contributed by atoms with E-state index in [2.05, 4.69) is 43.1 Å². The van der Waals surface area contributed by atoms with Crippen molar-refractivity contribution in [3.8, 4) is 12.5 Å². The van der Waals surface area contributed by atoms with Gasteiger partial charge in [0, 0.05) is 11.7 Å².